The van der Waals surface area contributed by atoms with E-state index in [2.05, 4.69) is 17.6 Å². The molecule has 2 aromatic rings. The number of hydrogen-bond acceptors (Lipinski definition) is 3. The lowest BCUT2D eigenvalue weighted by atomic mass is 9.95. The number of nitrogens with two attached hydrogens (primary N) is 1. The molecule has 5 nitrogen and oxygen atoms in total. The molecule has 0 aromatic heterocycles. The lowest BCUT2D eigenvalue weighted by Gasteiger charge is -2.16. The van der Waals surface area contributed by atoms with E-state index in [9.17, 15) is 30.8 Å². The van der Waals surface area contributed by atoms with E-state index in [0.29, 0.717) is 32.0 Å². The van der Waals surface area contributed by atoms with Crippen LogP contribution in [0.5, 0.6) is 0 Å². The smallest absolute Gasteiger partial charge is 0.162 e. The zero-order chi connectivity index (χ0) is 33.4. The van der Waals surface area contributed by atoms with Gasteiger partial charge in [-0.15, -0.1) is 13.2 Å². The molecule has 11 heteroatoms. The Morgan fingerprint density at radius 2 is 1.19 bits per heavy atom. The number of benzene rings is 2. The van der Waals surface area contributed by atoms with Crippen LogP contribution < -0.4 is 5.14 Å². The Morgan fingerprint density at radius 1 is 0.791 bits per heavy atom. The zero-order valence-electron chi connectivity index (χ0n) is 25.7. The fourth-order valence-electron chi connectivity index (χ4n) is 3.10. The summed E-state index contributed by atoms with van der Waals surface area (Å²) in [5, 5.41) is 5.04. The van der Waals surface area contributed by atoms with Gasteiger partial charge in [-0.2, -0.15) is 4.40 Å². The fourth-order valence-corrected chi connectivity index (χ4v) is 3.68. The zero-order valence-corrected chi connectivity index (χ0v) is 27.4. The Labute approximate surface area is 258 Å². The molecule has 0 bridgehead atoms. The van der Waals surface area contributed by atoms with Crippen LogP contribution in [0.15, 0.2) is 66.1 Å². The van der Waals surface area contributed by atoms with Gasteiger partial charge in [-0.05, 0) is 84.9 Å². The van der Waals surface area contributed by atoms with Gasteiger partial charge in [0, 0.05) is 23.6 Å². The summed E-state index contributed by atoms with van der Waals surface area (Å²) in [5.41, 5.74) is 0.346. The molecule has 0 fully saturated rings. The van der Waals surface area contributed by atoms with Crippen molar-refractivity contribution < 1.29 is 30.8 Å². The predicted octanol–water partition coefficient (Wildman–Crippen LogP) is 8.17. The highest BCUT2D eigenvalue weighted by Crippen LogP contribution is 2.26. The Bertz CT molecular complexity index is 1270. The molecule has 0 saturated heterocycles. The summed E-state index contributed by atoms with van der Waals surface area (Å²) in [6.45, 7) is 18.1. The molecule has 0 unspecified atom stereocenters. The van der Waals surface area contributed by atoms with Crippen molar-refractivity contribution in [1.82, 2.24) is 0 Å². The minimum absolute atomic E-state index is 0.117. The molecule has 0 heterocycles. The first kappa shape index (κ1) is 40.2. The third kappa shape index (κ3) is 15.0. The normalized spacial score (nSPS) is 14.3. The third-order valence-electron chi connectivity index (χ3n) is 5.75. The molecule has 2 aromatic carbocycles. The van der Waals surface area contributed by atoms with E-state index in [1.165, 1.54) is 30.5 Å². The van der Waals surface area contributed by atoms with Crippen molar-refractivity contribution in [3.05, 3.63) is 96.1 Å². The molecule has 0 aliphatic rings. The summed E-state index contributed by atoms with van der Waals surface area (Å²) in [5.74, 6) is -4.64. The second-order valence-electron chi connectivity index (χ2n) is 11.4. The van der Waals surface area contributed by atoms with Crippen LogP contribution in [-0.2, 0) is 26.8 Å². The monoisotopic (exact) mass is 644 g/mol. The number of aldehydes is 1. The van der Waals surface area contributed by atoms with Crippen LogP contribution in [0.25, 0.3) is 0 Å². The maximum Gasteiger partial charge on any atom is 0.162 e. The summed E-state index contributed by atoms with van der Waals surface area (Å²) in [6.07, 6.45) is 7.67. The van der Waals surface area contributed by atoms with Crippen LogP contribution in [0.3, 0.4) is 0 Å². The van der Waals surface area contributed by atoms with Crippen molar-refractivity contribution >= 4 is 34.5 Å². The molecule has 0 aliphatic carbocycles. The first-order valence-electron chi connectivity index (χ1n) is 13.6. The molecule has 0 aliphatic heterocycles. The summed E-state index contributed by atoms with van der Waals surface area (Å²) < 4.78 is 79.0. The highest BCUT2D eigenvalue weighted by Gasteiger charge is 2.21. The number of carbonyl (C=O) groups is 1. The van der Waals surface area contributed by atoms with Gasteiger partial charge in [0.1, 0.15) is 17.3 Å². The van der Waals surface area contributed by atoms with Gasteiger partial charge in [0.05, 0.1) is 20.5 Å². The van der Waals surface area contributed by atoms with Crippen molar-refractivity contribution in [2.24, 2.45) is 9.54 Å². The van der Waals surface area contributed by atoms with Gasteiger partial charge in [-0.25, -0.2) is 26.0 Å². The molecular formula is C32H44F4N2O3S2. The highest BCUT2D eigenvalue weighted by molar-refractivity contribution is 7.85. The second kappa shape index (κ2) is 19.5. The van der Waals surface area contributed by atoms with E-state index >= 15 is 0 Å². The lowest BCUT2D eigenvalue weighted by molar-refractivity contribution is -0.109. The fraction of sp³-hybridized carbons (Fsp3) is 0.438. The largest absolute Gasteiger partial charge is 0.303 e. The maximum atomic E-state index is 13.9. The van der Waals surface area contributed by atoms with Gasteiger partial charge in [-0.3, -0.25) is 5.14 Å². The Kier molecular flexibility index (Phi) is 18.3. The number of nitrogens with zero attached hydrogens (tertiary/aromatic N) is 1. The van der Waals surface area contributed by atoms with E-state index in [1.807, 2.05) is 41.5 Å². The van der Waals surface area contributed by atoms with Gasteiger partial charge in [-0.1, -0.05) is 36.4 Å². The highest BCUT2D eigenvalue weighted by atomic mass is 32.2. The van der Waals surface area contributed by atoms with Gasteiger partial charge in [0.15, 0.2) is 23.3 Å². The maximum absolute atomic E-state index is 13.9. The quantitative estimate of drug-likeness (QED) is 0.116. The summed E-state index contributed by atoms with van der Waals surface area (Å²) >= 11 is 0. The topological polar surface area (TPSA) is 89.6 Å². The van der Waals surface area contributed by atoms with Gasteiger partial charge < -0.3 is 4.79 Å². The summed E-state index contributed by atoms with van der Waals surface area (Å²) in [4.78, 5) is 10.8. The Balaban J connectivity index is 0.000000696. The molecule has 2 N–H and O–H groups in total. The number of carbonyl (C=O) groups excluding carboxylic acids is 1. The minimum Gasteiger partial charge on any atom is -0.303 e. The molecule has 0 saturated carbocycles. The van der Waals surface area contributed by atoms with Gasteiger partial charge >= 0.3 is 0 Å². The average Bonchev–Trinajstić information content (AvgIpc) is 2.92. The van der Waals surface area contributed by atoms with Crippen molar-refractivity contribution in [3.63, 3.8) is 0 Å². The molecule has 0 amide bonds. The van der Waals surface area contributed by atoms with Crippen LogP contribution in [0, 0.1) is 23.3 Å². The van der Waals surface area contributed by atoms with Crippen molar-refractivity contribution in [2.45, 2.75) is 88.6 Å². The van der Waals surface area contributed by atoms with E-state index in [4.69, 9.17) is 5.14 Å². The third-order valence-corrected chi connectivity index (χ3v) is 8.32. The van der Waals surface area contributed by atoms with Crippen molar-refractivity contribution in [2.75, 3.05) is 0 Å². The Morgan fingerprint density at radius 3 is 1.53 bits per heavy atom. The Hall–Kier alpha value is -2.76. The molecule has 240 valence electrons. The predicted molar refractivity (Wildman–Crippen MR) is 172 cm³/mol. The number of rotatable bonds is 11. The van der Waals surface area contributed by atoms with E-state index in [0.717, 1.165) is 12.1 Å². The average molecular weight is 645 g/mol. The van der Waals surface area contributed by atoms with E-state index in [1.54, 1.807) is 12.2 Å². The number of halogens is 4. The van der Waals surface area contributed by atoms with Crippen molar-refractivity contribution in [1.29, 1.82) is 0 Å². The first-order valence-corrected chi connectivity index (χ1v) is 15.9. The van der Waals surface area contributed by atoms with Crippen LogP contribution in [0.2, 0.25) is 0 Å². The van der Waals surface area contributed by atoms with E-state index in [-0.39, 0.29) is 15.9 Å². The summed E-state index contributed by atoms with van der Waals surface area (Å²) in [7, 11) is -2.60. The van der Waals surface area contributed by atoms with Crippen LogP contribution in [0.1, 0.15) is 90.2 Å². The second-order valence-corrected chi connectivity index (χ2v) is 15.1. The molecule has 0 spiro atoms. The minimum atomic E-state index is -1.42. The van der Waals surface area contributed by atoms with Crippen LogP contribution >= 0.6 is 0 Å². The molecule has 0 radical (unpaired) electrons. The molecule has 2 rings (SSSR count). The molecular weight excluding hydrogens is 600 g/mol. The number of hydrogen-bond donors (Lipinski definition) is 1. The summed E-state index contributed by atoms with van der Waals surface area (Å²) in [6, 6.07) is 7.93. The first-order chi connectivity index (χ1) is 19.9. The van der Waals surface area contributed by atoms with Gasteiger partial charge in [0.2, 0.25) is 0 Å². The van der Waals surface area contributed by atoms with Crippen LogP contribution in [-0.4, -0.2) is 30.4 Å². The number of allylic oxidation sites excluding steroid dienone is 2. The van der Waals surface area contributed by atoms with Crippen LogP contribution in [0.4, 0.5) is 17.6 Å². The van der Waals surface area contributed by atoms with Gasteiger partial charge in [0.25, 0.3) is 0 Å². The molecule has 43 heavy (non-hydrogen) atoms. The van der Waals surface area contributed by atoms with Crippen molar-refractivity contribution in [3.8, 4) is 0 Å². The standard InChI is InChI=1S/C16H21F2NOS.C12H12F2O.C4H11NOS/c1-5-6-8-12(11-19-21(20)16(2,3)4)13-9-7-10-14(17)15(13)18;1-2-3-5-9(8-15)10-6-4-7-11(13)12(10)14;1-4(2,3)7(5)6/h5,7,9-12H,1,6,8H2,2-4H3;2,4,6-9H,1,3,5H2;5H2,1-3H3/t12-,21-;9-;7-/m111/s1. The lowest BCUT2D eigenvalue weighted by Crippen LogP contribution is -2.27. The SMILES string of the molecule is C=CCC[C@H](C=N[S@](=O)C(C)(C)C)c1cccc(F)c1F.C=CCC[C@H](C=O)c1cccc(F)c1F.CC(C)(C)[S@](N)=O. The molecule has 4 atom stereocenters. The van der Waals surface area contributed by atoms with E-state index < -0.39 is 61.8 Å².